The van der Waals surface area contributed by atoms with Crippen molar-refractivity contribution in [3.05, 3.63) is 30.0 Å². The highest BCUT2D eigenvalue weighted by atomic mass is 16.4. The van der Waals surface area contributed by atoms with Gasteiger partial charge in [-0.15, -0.1) is 0 Å². The average molecular weight is 285 g/mol. The first kappa shape index (κ1) is 13.8. The summed E-state index contributed by atoms with van der Waals surface area (Å²) in [6.07, 6.45) is 2.46. The quantitative estimate of drug-likeness (QED) is 0.906. The Balaban J connectivity index is 1.94. The summed E-state index contributed by atoms with van der Waals surface area (Å²) >= 11 is 0. The number of nitrogens with one attached hydrogen (secondary N) is 1. The van der Waals surface area contributed by atoms with Gasteiger partial charge in [-0.3, -0.25) is 4.79 Å². The van der Waals surface area contributed by atoms with E-state index in [-0.39, 0.29) is 6.04 Å². The highest BCUT2D eigenvalue weighted by Gasteiger charge is 2.45. The van der Waals surface area contributed by atoms with Crippen molar-refractivity contribution >= 4 is 22.8 Å². The number of carbonyl (C=O) groups is 1. The van der Waals surface area contributed by atoms with Gasteiger partial charge in [-0.25, -0.2) is 9.97 Å². The van der Waals surface area contributed by atoms with Crippen LogP contribution in [-0.2, 0) is 4.79 Å². The summed E-state index contributed by atoms with van der Waals surface area (Å²) in [5.74, 6) is -0.0584. The fraction of sp³-hybridized carbons (Fsp3) is 0.438. The van der Waals surface area contributed by atoms with Gasteiger partial charge in [0.2, 0.25) is 0 Å². The number of aliphatic carboxylic acids is 1. The molecule has 0 aliphatic heterocycles. The molecule has 5 heteroatoms. The molecule has 0 radical (unpaired) electrons. The minimum Gasteiger partial charge on any atom is -0.481 e. The molecule has 2 aromatic rings. The monoisotopic (exact) mass is 285 g/mol. The fourth-order valence-electron chi connectivity index (χ4n) is 3.04. The van der Waals surface area contributed by atoms with Crippen molar-refractivity contribution in [3.63, 3.8) is 0 Å². The first-order valence-corrected chi connectivity index (χ1v) is 7.24. The summed E-state index contributed by atoms with van der Waals surface area (Å²) in [5, 5.41) is 12.8. The summed E-state index contributed by atoms with van der Waals surface area (Å²) in [5.41, 5.74) is 1.74. The number of aromatic nitrogens is 2. The van der Waals surface area contributed by atoms with Gasteiger partial charge in [-0.2, -0.15) is 0 Å². The third-order valence-electron chi connectivity index (χ3n) is 4.50. The minimum atomic E-state index is -0.746. The van der Waals surface area contributed by atoms with Gasteiger partial charge in [0.15, 0.2) is 0 Å². The molecule has 21 heavy (non-hydrogen) atoms. The zero-order valence-electron chi connectivity index (χ0n) is 12.3. The van der Waals surface area contributed by atoms with E-state index in [9.17, 15) is 9.90 Å². The third kappa shape index (κ3) is 2.33. The molecule has 1 fully saturated rings. The number of hydrogen-bond acceptors (Lipinski definition) is 4. The number of fused-ring (bicyclic) bond motifs is 1. The van der Waals surface area contributed by atoms with Gasteiger partial charge in [0, 0.05) is 6.04 Å². The predicted octanol–water partition coefficient (Wildman–Crippen LogP) is 2.99. The van der Waals surface area contributed by atoms with E-state index in [4.69, 9.17) is 0 Å². The van der Waals surface area contributed by atoms with Crippen LogP contribution < -0.4 is 5.32 Å². The van der Waals surface area contributed by atoms with E-state index in [0.717, 1.165) is 29.6 Å². The van der Waals surface area contributed by atoms with Crippen molar-refractivity contribution in [1.82, 2.24) is 9.97 Å². The molecule has 110 valence electrons. The fourth-order valence-corrected chi connectivity index (χ4v) is 3.04. The van der Waals surface area contributed by atoms with Crippen LogP contribution in [0.5, 0.6) is 0 Å². The molecule has 1 aromatic carbocycles. The Morgan fingerprint density at radius 2 is 2.00 bits per heavy atom. The first-order chi connectivity index (χ1) is 10.0. The zero-order valence-corrected chi connectivity index (χ0v) is 12.3. The molecular formula is C16H19N3O2. The van der Waals surface area contributed by atoms with E-state index in [0.29, 0.717) is 12.2 Å². The van der Waals surface area contributed by atoms with Gasteiger partial charge in [-0.1, -0.05) is 18.6 Å². The SMILES string of the molecule is Cc1nc2ccccc2nc1NC1CCCC1(C)C(=O)O. The maximum absolute atomic E-state index is 11.5. The van der Waals surface area contributed by atoms with Crippen LogP contribution in [0.3, 0.4) is 0 Å². The van der Waals surface area contributed by atoms with E-state index in [1.165, 1.54) is 0 Å². The van der Waals surface area contributed by atoms with Crippen molar-refractivity contribution < 1.29 is 9.90 Å². The van der Waals surface area contributed by atoms with Crippen LogP contribution in [0.15, 0.2) is 24.3 Å². The summed E-state index contributed by atoms with van der Waals surface area (Å²) in [6.45, 7) is 3.71. The van der Waals surface area contributed by atoms with Gasteiger partial charge in [-0.05, 0) is 38.8 Å². The van der Waals surface area contributed by atoms with Crippen LogP contribution in [0.2, 0.25) is 0 Å². The minimum absolute atomic E-state index is 0.107. The van der Waals surface area contributed by atoms with Gasteiger partial charge in [0.1, 0.15) is 5.82 Å². The predicted molar refractivity (Wildman–Crippen MR) is 81.3 cm³/mol. The van der Waals surface area contributed by atoms with Crippen molar-refractivity contribution in [2.24, 2.45) is 5.41 Å². The van der Waals surface area contributed by atoms with Crippen LogP contribution in [-0.4, -0.2) is 27.1 Å². The summed E-state index contributed by atoms with van der Waals surface area (Å²) in [4.78, 5) is 20.7. The molecule has 1 aromatic heterocycles. The van der Waals surface area contributed by atoms with Crippen molar-refractivity contribution in [3.8, 4) is 0 Å². The van der Waals surface area contributed by atoms with Crippen LogP contribution in [0, 0.1) is 12.3 Å². The molecular weight excluding hydrogens is 266 g/mol. The number of benzene rings is 1. The molecule has 3 rings (SSSR count). The maximum atomic E-state index is 11.5. The Labute approximate surface area is 123 Å². The van der Waals surface area contributed by atoms with Crippen molar-refractivity contribution in [2.45, 2.75) is 39.2 Å². The molecule has 1 aliphatic rings. The van der Waals surface area contributed by atoms with Crippen molar-refractivity contribution in [2.75, 3.05) is 5.32 Å². The van der Waals surface area contributed by atoms with E-state index < -0.39 is 11.4 Å². The highest BCUT2D eigenvalue weighted by Crippen LogP contribution is 2.40. The number of aryl methyl sites for hydroxylation is 1. The van der Waals surface area contributed by atoms with Crippen LogP contribution >= 0.6 is 0 Å². The number of rotatable bonds is 3. The Hall–Kier alpha value is -2.17. The van der Waals surface area contributed by atoms with Gasteiger partial charge >= 0.3 is 5.97 Å². The largest absolute Gasteiger partial charge is 0.481 e. The van der Waals surface area contributed by atoms with E-state index in [1.54, 1.807) is 0 Å². The number of para-hydroxylation sites is 2. The molecule has 1 aliphatic carbocycles. The lowest BCUT2D eigenvalue weighted by atomic mass is 9.85. The molecule has 2 atom stereocenters. The number of nitrogens with zero attached hydrogens (tertiary/aromatic N) is 2. The standard InChI is InChI=1S/C16H19N3O2/c1-10-14(18-12-7-4-3-6-11(12)17-10)19-13-8-5-9-16(13,2)15(20)21/h3-4,6-7,13H,5,8-9H2,1-2H3,(H,18,19)(H,20,21). The number of anilines is 1. The highest BCUT2D eigenvalue weighted by molar-refractivity contribution is 5.78. The lowest BCUT2D eigenvalue weighted by Gasteiger charge is -2.28. The molecule has 0 bridgehead atoms. The molecule has 0 spiro atoms. The number of carboxylic acid groups (broad SMARTS) is 1. The van der Waals surface area contributed by atoms with E-state index >= 15 is 0 Å². The molecule has 2 N–H and O–H groups in total. The van der Waals surface area contributed by atoms with Crippen LogP contribution in [0.4, 0.5) is 5.82 Å². The Bertz CT molecular complexity index is 701. The number of carboxylic acids is 1. The Kier molecular flexibility index (Phi) is 3.27. The Morgan fingerprint density at radius 1 is 1.33 bits per heavy atom. The number of hydrogen-bond donors (Lipinski definition) is 2. The van der Waals surface area contributed by atoms with Crippen LogP contribution in [0.25, 0.3) is 11.0 Å². The lowest BCUT2D eigenvalue weighted by Crippen LogP contribution is -2.40. The lowest BCUT2D eigenvalue weighted by molar-refractivity contribution is -0.147. The van der Waals surface area contributed by atoms with Crippen molar-refractivity contribution in [1.29, 1.82) is 0 Å². The molecule has 1 heterocycles. The first-order valence-electron chi connectivity index (χ1n) is 7.24. The van der Waals surface area contributed by atoms with E-state index in [2.05, 4.69) is 15.3 Å². The van der Waals surface area contributed by atoms with E-state index in [1.807, 2.05) is 38.1 Å². The second kappa shape index (κ2) is 4.98. The molecule has 2 unspecified atom stereocenters. The summed E-state index contributed by atoms with van der Waals surface area (Å²) < 4.78 is 0. The molecule has 1 saturated carbocycles. The summed E-state index contributed by atoms with van der Waals surface area (Å²) in [6, 6.07) is 7.59. The second-order valence-electron chi connectivity index (χ2n) is 5.96. The van der Waals surface area contributed by atoms with Gasteiger partial charge in [0.25, 0.3) is 0 Å². The summed E-state index contributed by atoms with van der Waals surface area (Å²) in [7, 11) is 0. The molecule has 0 amide bonds. The maximum Gasteiger partial charge on any atom is 0.311 e. The topological polar surface area (TPSA) is 75.1 Å². The Morgan fingerprint density at radius 3 is 2.67 bits per heavy atom. The van der Waals surface area contributed by atoms with Gasteiger partial charge < -0.3 is 10.4 Å². The average Bonchev–Trinajstić information content (AvgIpc) is 2.82. The zero-order chi connectivity index (χ0) is 15.0. The molecule has 0 saturated heterocycles. The third-order valence-corrected chi connectivity index (χ3v) is 4.50. The van der Waals surface area contributed by atoms with Crippen LogP contribution in [0.1, 0.15) is 31.9 Å². The molecule has 5 nitrogen and oxygen atoms in total. The normalized spacial score (nSPS) is 25.1. The van der Waals surface area contributed by atoms with Gasteiger partial charge in [0.05, 0.1) is 22.1 Å². The second-order valence-corrected chi connectivity index (χ2v) is 5.96. The smallest absolute Gasteiger partial charge is 0.311 e.